The molecule has 1 aliphatic carbocycles. The molecule has 13 heteroatoms. The van der Waals surface area contributed by atoms with E-state index in [1.54, 1.807) is 36.0 Å². The summed E-state index contributed by atoms with van der Waals surface area (Å²) < 4.78 is 40.6. The number of hydrogen-bond acceptors (Lipinski definition) is 6. The van der Waals surface area contributed by atoms with E-state index in [9.17, 15) is 27.7 Å². The van der Waals surface area contributed by atoms with Gasteiger partial charge in [0.2, 0.25) is 0 Å². The SMILES string of the molecule is Cn1nc(N)c2c(-c3ccc(NC(=O)Nc4cccc(C(F)(F)F)c4)cc3)cc([C@H]3C[C@@H](CC(=O)N=O)C3(C)C)nc21. The first-order valence-electron chi connectivity index (χ1n) is 13.1. The number of aromatic nitrogens is 3. The normalized spacial score (nSPS) is 17.9. The van der Waals surface area contributed by atoms with Crippen LogP contribution >= 0.6 is 0 Å². The highest BCUT2D eigenvalue weighted by molar-refractivity contribution is 6.02. The van der Waals surface area contributed by atoms with E-state index in [0.717, 1.165) is 29.0 Å². The van der Waals surface area contributed by atoms with Gasteiger partial charge in [-0.05, 0) is 65.3 Å². The fraction of sp³-hybridized carbons (Fsp3) is 0.310. The molecule has 4 N–H and O–H groups in total. The number of carbonyl (C=O) groups is 2. The second-order valence-corrected chi connectivity index (χ2v) is 11.0. The van der Waals surface area contributed by atoms with Crippen LogP contribution in [0.15, 0.2) is 59.8 Å². The molecule has 1 saturated carbocycles. The van der Waals surface area contributed by atoms with Crippen LogP contribution in [-0.2, 0) is 18.0 Å². The third-order valence-corrected chi connectivity index (χ3v) is 8.09. The average molecular weight is 580 g/mol. The van der Waals surface area contributed by atoms with Crippen LogP contribution in [0.3, 0.4) is 0 Å². The highest BCUT2D eigenvalue weighted by Crippen LogP contribution is 2.58. The molecule has 0 spiro atoms. The van der Waals surface area contributed by atoms with Gasteiger partial charge in [-0.2, -0.15) is 18.3 Å². The van der Waals surface area contributed by atoms with Gasteiger partial charge in [-0.3, -0.25) is 4.79 Å². The zero-order valence-corrected chi connectivity index (χ0v) is 23.0. The van der Waals surface area contributed by atoms with Crippen molar-refractivity contribution >= 4 is 40.2 Å². The van der Waals surface area contributed by atoms with Gasteiger partial charge < -0.3 is 16.4 Å². The zero-order valence-electron chi connectivity index (χ0n) is 23.0. The van der Waals surface area contributed by atoms with Crippen molar-refractivity contribution in [1.29, 1.82) is 0 Å². The summed E-state index contributed by atoms with van der Waals surface area (Å²) in [4.78, 5) is 39.6. The lowest BCUT2D eigenvalue weighted by atomic mass is 9.52. The van der Waals surface area contributed by atoms with E-state index >= 15 is 0 Å². The number of hydrogen-bond donors (Lipinski definition) is 3. The number of pyridine rings is 1. The number of alkyl halides is 3. The number of halogens is 3. The lowest BCUT2D eigenvalue weighted by Crippen LogP contribution is -2.44. The van der Waals surface area contributed by atoms with Crippen molar-refractivity contribution in [3.05, 3.63) is 70.8 Å². The maximum absolute atomic E-state index is 13.0. The molecule has 0 bridgehead atoms. The zero-order chi connectivity index (χ0) is 30.4. The molecule has 3 amide bonds. The van der Waals surface area contributed by atoms with Crippen LogP contribution < -0.4 is 16.4 Å². The topological polar surface area (TPSA) is 144 Å². The monoisotopic (exact) mass is 579 g/mol. The summed E-state index contributed by atoms with van der Waals surface area (Å²) in [6.45, 7) is 4.08. The summed E-state index contributed by atoms with van der Waals surface area (Å²) in [5, 5.41) is 12.6. The minimum absolute atomic E-state index is 0.00213. The maximum Gasteiger partial charge on any atom is 0.416 e. The minimum Gasteiger partial charge on any atom is -0.382 e. The van der Waals surface area contributed by atoms with Crippen LogP contribution in [0, 0.1) is 16.2 Å². The Balaban J connectivity index is 1.39. The second kappa shape index (κ2) is 10.5. The molecule has 1 aliphatic rings. The molecule has 2 atom stereocenters. The van der Waals surface area contributed by atoms with Crippen molar-refractivity contribution in [2.24, 2.45) is 23.6 Å². The van der Waals surface area contributed by atoms with Crippen molar-refractivity contribution in [3.8, 4) is 11.1 Å². The number of benzene rings is 2. The molecular formula is C29H28F3N7O3. The van der Waals surface area contributed by atoms with Gasteiger partial charge in [0.15, 0.2) is 11.5 Å². The van der Waals surface area contributed by atoms with Crippen LogP contribution in [0.25, 0.3) is 22.2 Å². The quantitative estimate of drug-likeness (QED) is 0.217. The Morgan fingerprint density at radius 3 is 2.43 bits per heavy atom. The molecule has 218 valence electrons. The summed E-state index contributed by atoms with van der Waals surface area (Å²) in [5.41, 5.74) is 8.47. The van der Waals surface area contributed by atoms with Gasteiger partial charge >= 0.3 is 12.2 Å². The molecule has 0 aliphatic heterocycles. The standard InChI is InChI=1S/C29H28F3N7O3/c1-28(2)17(13-23(40)38-42)12-21(28)22-14-20(24-25(33)37-39(3)26(24)36-22)15-7-9-18(10-8-15)34-27(41)35-19-6-4-5-16(11-19)29(30,31)32/h4-11,14,17,21H,12-13H2,1-3H3,(H2,33,37)(H2,34,35,41)/t17-,21+/m0/s1. The number of amides is 3. The third-order valence-electron chi connectivity index (χ3n) is 8.09. The molecule has 2 heterocycles. The molecule has 1 fully saturated rings. The number of carbonyl (C=O) groups excluding carboxylic acids is 2. The van der Waals surface area contributed by atoms with E-state index in [1.807, 2.05) is 19.9 Å². The van der Waals surface area contributed by atoms with Crippen LogP contribution in [0.1, 0.15) is 43.9 Å². The van der Waals surface area contributed by atoms with Crippen molar-refractivity contribution in [2.75, 3.05) is 16.4 Å². The average Bonchev–Trinajstić information content (AvgIpc) is 3.23. The van der Waals surface area contributed by atoms with E-state index in [1.165, 1.54) is 12.1 Å². The first-order chi connectivity index (χ1) is 19.8. The number of nitrogens with two attached hydrogens (primary N) is 1. The first kappa shape index (κ1) is 28.7. The number of nitrogens with zero attached hydrogens (tertiary/aromatic N) is 4. The summed E-state index contributed by atoms with van der Waals surface area (Å²) in [5.74, 6) is -0.343. The molecule has 5 rings (SSSR count). The van der Waals surface area contributed by atoms with Crippen LogP contribution in [0.4, 0.5) is 35.2 Å². The Morgan fingerprint density at radius 1 is 1.10 bits per heavy atom. The van der Waals surface area contributed by atoms with Crippen LogP contribution in [0.2, 0.25) is 0 Å². The number of fused-ring (bicyclic) bond motifs is 1. The minimum atomic E-state index is -4.52. The van der Waals surface area contributed by atoms with Gasteiger partial charge in [0, 0.05) is 41.6 Å². The largest absolute Gasteiger partial charge is 0.416 e. The van der Waals surface area contributed by atoms with Gasteiger partial charge in [-0.1, -0.05) is 32.0 Å². The summed E-state index contributed by atoms with van der Waals surface area (Å²) in [6, 6.07) is 12.5. The molecular weight excluding hydrogens is 551 g/mol. The molecule has 0 saturated heterocycles. The Labute approximate surface area is 238 Å². The lowest BCUT2D eigenvalue weighted by Gasteiger charge is -2.51. The van der Waals surface area contributed by atoms with Gasteiger partial charge in [0.05, 0.1) is 10.9 Å². The summed E-state index contributed by atoms with van der Waals surface area (Å²) >= 11 is 0. The molecule has 0 radical (unpaired) electrons. The van der Waals surface area contributed by atoms with E-state index < -0.39 is 23.7 Å². The van der Waals surface area contributed by atoms with Crippen LogP contribution in [-0.4, -0.2) is 26.7 Å². The number of nitroso groups, excluding NO2 is 1. The van der Waals surface area contributed by atoms with E-state index in [4.69, 9.17) is 10.7 Å². The molecule has 0 unspecified atom stereocenters. The summed E-state index contributed by atoms with van der Waals surface area (Å²) in [6.07, 6.45) is -3.76. The Hall–Kier alpha value is -4.81. The molecule has 2 aromatic carbocycles. The second-order valence-electron chi connectivity index (χ2n) is 11.0. The number of rotatable bonds is 6. The fourth-order valence-electron chi connectivity index (χ4n) is 5.61. The molecule has 42 heavy (non-hydrogen) atoms. The summed E-state index contributed by atoms with van der Waals surface area (Å²) in [7, 11) is 1.75. The predicted molar refractivity (Wildman–Crippen MR) is 152 cm³/mol. The van der Waals surface area contributed by atoms with E-state index in [-0.39, 0.29) is 29.4 Å². The smallest absolute Gasteiger partial charge is 0.382 e. The first-order valence-corrected chi connectivity index (χ1v) is 13.1. The molecule has 2 aromatic heterocycles. The highest BCUT2D eigenvalue weighted by atomic mass is 19.4. The number of urea groups is 1. The van der Waals surface area contributed by atoms with E-state index in [2.05, 4.69) is 20.9 Å². The maximum atomic E-state index is 13.0. The number of aryl methyl sites for hydroxylation is 1. The van der Waals surface area contributed by atoms with Gasteiger partial charge in [-0.25, -0.2) is 14.5 Å². The Bertz CT molecular complexity index is 1700. The predicted octanol–water partition coefficient (Wildman–Crippen LogP) is 6.69. The number of nitrogens with one attached hydrogen (secondary N) is 2. The fourth-order valence-corrected chi connectivity index (χ4v) is 5.61. The lowest BCUT2D eigenvalue weighted by molar-refractivity contribution is -0.137. The van der Waals surface area contributed by atoms with E-state index in [0.29, 0.717) is 29.0 Å². The third kappa shape index (κ3) is 5.41. The number of anilines is 3. The van der Waals surface area contributed by atoms with Gasteiger partial charge in [0.25, 0.3) is 5.91 Å². The van der Waals surface area contributed by atoms with Crippen molar-refractivity contribution in [1.82, 2.24) is 14.8 Å². The molecule has 10 nitrogen and oxygen atoms in total. The van der Waals surface area contributed by atoms with Gasteiger partial charge in [0.1, 0.15) is 0 Å². The van der Waals surface area contributed by atoms with Crippen LogP contribution in [0.5, 0.6) is 0 Å². The number of nitrogen functional groups attached to an aromatic ring is 1. The van der Waals surface area contributed by atoms with Crippen molar-refractivity contribution in [2.45, 2.75) is 38.8 Å². The molecule has 4 aromatic rings. The Kier molecular flexibility index (Phi) is 7.21. The highest BCUT2D eigenvalue weighted by Gasteiger charge is 2.50. The van der Waals surface area contributed by atoms with Crippen molar-refractivity contribution in [3.63, 3.8) is 0 Å². The van der Waals surface area contributed by atoms with Crippen molar-refractivity contribution < 1.29 is 22.8 Å². The Morgan fingerprint density at radius 2 is 1.79 bits per heavy atom. The van der Waals surface area contributed by atoms with Gasteiger partial charge in [-0.15, -0.1) is 4.91 Å².